The van der Waals surface area contributed by atoms with Crippen molar-refractivity contribution in [2.75, 3.05) is 37.7 Å². The van der Waals surface area contributed by atoms with Gasteiger partial charge < -0.3 is 39.4 Å². The smallest absolute Gasteiger partial charge is 0.262 e. The van der Waals surface area contributed by atoms with E-state index in [0.29, 0.717) is 11.5 Å². The maximum Gasteiger partial charge on any atom is 0.262 e. The van der Waals surface area contributed by atoms with Crippen LogP contribution in [-0.2, 0) is 14.3 Å². The molecule has 5 atom stereocenters. The number of hydrogen-bond donors (Lipinski definition) is 4. The Labute approximate surface area is 225 Å². The first-order valence-corrected chi connectivity index (χ1v) is 12.9. The van der Waals surface area contributed by atoms with Crippen molar-refractivity contribution < 1.29 is 34.0 Å². The second kappa shape index (κ2) is 11.6. The molecule has 2 aliphatic rings. The van der Waals surface area contributed by atoms with Crippen LogP contribution in [0.1, 0.15) is 12.7 Å². The van der Waals surface area contributed by atoms with E-state index in [9.17, 15) is 25.4 Å². The second-order valence-electron chi connectivity index (χ2n) is 9.83. The normalized spacial score (nSPS) is 25.9. The molecule has 2 aromatic carbocycles. The maximum atomic E-state index is 12.6. The molecule has 2 aliphatic heterocycles. The summed E-state index contributed by atoms with van der Waals surface area (Å²) < 4.78 is 16.6. The third kappa shape index (κ3) is 5.83. The molecule has 0 radical (unpaired) electrons. The van der Waals surface area contributed by atoms with Crippen LogP contribution in [-0.4, -0.2) is 78.7 Å². The first-order chi connectivity index (χ1) is 18.8. The summed E-state index contributed by atoms with van der Waals surface area (Å²) in [5, 5.41) is 44.3. The first-order valence-electron chi connectivity index (χ1n) is 12.9. The van der Waals surface area contributed by atoms with Crippen LogP contribution in [0.3, 0.4) is 0 Å². The van der Waals surface area contributed by atoms with Gasteiger partial charge in [0, 0.05) is 42.9 Å². The van der Waals surface area contributed by atoms with Gasteiger partial charge in [-0.3, -0.25) is 4.79 Å². The molecule has 0 bridgehead atoms. The van der Waals surface area contributed by atoms with Crippen molar-refractivity contribution in [2.24, 2.45) is 5.92 Å². The van der Waals surface area contributed by atoms with Gasteiger partial charge in [0.15, 0.2) is 6.29 Å². The number of furan rings is 1. The lowest BCUT2D eigenvalue weighted by atomic mass is 9.92. The van der Waals surface area contributed by atoms with Gasteiger partial charge in [0.05, 0.1) is 19.3 Å². The summed E-state index contributed by atoms with van der Waals surface area (Å²) in [5.74, 6) is -0.456. The Morgan fingerprint density at radius 2 is 1.82 bits per heavy atom. The minimum atomic E-state index is -1.29. The first kappa shape index (κ1) is 26.9. The van der Waals surface area contributed by atoms with E-state index in [4.69, 9.17) is 13.9 Å². The predicted molar refractivity (Wildman–Crippen MR) is 143 cm³/mol. The van der Waals surface area contributed by atoms with Gasteiger partial charge in [-0.2, -0.15) is 5.26 Å². The fourth-order valence-corrected chi connectivity index (χ4v) is 4.82. The number of fused-ring (bicyclic) bond motifs is 1. The number of carbonyl (C=O) groups excluding carboxylic acids is 1. The van der Waals surface area contributed by atoms with Gasteiger partial charge in [-0.25, -0.2) is 0 Å². The Balaban J connectivity index is 1.26. The quantitative estimate of drug-likeness (QED) is 0.276. The minimum absolute atomic E-state index is 0.201. The highest BCUT2D eigenvalue weighted by Crippen LogP contribution is 2.30. The van der Waals surface area contributed by atoms with Crippen LogP contribution in [0.15, 0.2) is 58.5 Å². The van der Waals surface area contributed by atoms with Gasteiger partial charge in [0.2, 0.25) is 0 Å². The molecule has 2 fully saturated rings. The van der Waals surface area contributed by atoms with Crippen LogP contribution >= 0.6 is 0 Å². The lowest BCUT2D eigenvalue weighted by Crippen LogP contribution is -2.56. The summed E-state index contributed by atoms with van der Waals surface area (Å²) in [7, 11) is 0. The molecular formula is C29H31N3O7. The van der Waals surface area contributed by atoms with Crippen LogP contribution in [0, 0.1) is 17.2 Å². The highest BCUT2D eigenvalue weighted by Gasteiger charge is 2.41. The number of amides is 1. The molecule has 0 saturated carbocycles. The topological polar surface area (TPSA) is 148 Å². The molecule has 10 heteroatoms. The summed E-state index contributed by atoms with van der Waals surface area (Å²) in [6.45, 7) is 4.54. The number of morpholine rings is 1. The van der Waals surface area contributed by atoms with Crippen molar-refractivity contribution >= 4 is 28.4 Å². The van der Waals surface area contributed by atoms with Crippen LogP contribution < -0.4 is 10.2 Å². The zero-order valence-corrected chi connectivity index (χ0v) is 21.5. The van der Waals surface area contributed by atoms with E-state index in [-0.39, 0.29) is 12.1 Å². The molecule has 204 valence electrons. The summed E-state index contributed by atoms with van der Waals surface area (Å²) in [5.41, 5.74) is 1.82. The molecule has 10 nitrogen and oxygen atoms in total. The van der Waals surface area contributed by atoms with E-state index < -0.39 is 36.4 Å². The van der Waals surface area contributed by atoms with E-state index in [1.807, 2.05) is 24.3 Å². The van der Waals surface area contributed by atoms with Crippen LogP contribution in [0.25, 0.3) is 28.2 Å². The molecule has 39 heavy (non-hydrogen) atoms. The summed E-state index contributed by atoms with van der Waals surface area (Å²) in [6.07, 6.45) is -3.47. The van der Waals surface area contributed by atoms with Crippen LogP contribution in [0.4, 0.5) is 5.69 Å². The average Bonchev–Trinajstić information content (AvgIpc) is 3.44. The number of benzene rings is 2. The van der Waals surface area contributed by atoms with Gasteiger partial charge in [-0.05, 0) is 41.1 Å². The number of hydrogen-bond acceptors (Lipinski definition) is 9. The summed E-state index contributed by atoms with van der Waals surface area (Å²) in [6, 6.07) is 17.7. The molecule has 0 spiro atoms. The third-order valence-corrected chi connectivity index (χ3v) is 7.26. The van der Waals surface area contributed by atoms with Crippen LogP contribution in [0.2, 0.25) is 0 Å². The minimum Gasteiger partial charge on any atom is -0.457 e. The summed E-state index contributed by atoms with van der Waals surface area (Å²) >= 11 is 0. The number of nitriles is 1. The lowest BCUT2D eigenvalue weighted by molar-refractivity contribution is -0.258. The molecule has 2 saturated heterocycles. The number of nitrogens with one attached hydrogen (secondary N) is 1. The van der Waals surface area contributed by atoms with E-state index in [1.54, 1.807) is 19.1 Å². The van der Waals surface area contributed by atoms with E-state index >= 15 is 0 Å². The van der Waals surface area contributed by atoms with Gasteiger partial charge in [0.25, 0.3) is 5.91 Å². The third-order valence-electron chi connectivity index (χ3n) is 7.26. The average molecular weight is 534 g/mol. The van der Waals surface area contributed by atoms with Crippen molar-refractivity contribution in [2.45, 2.75) is 31.5 Å². The number of rotatable bonds is 6. The highest BCUT2D eigenvalue weighted by atomic mass is 16.6. The number of nitrogens with zero attached hydrogens (tertiary/aromatic N) is 2. The number of anilines is 1. The largest absolute Gasteiger partial charge is 0.457 e. The van der Waals surface area contributed by atoms with Gasteiger partial charge in [-0.15, -0.1) is 0 Å². The number of carbonyl (C=O) groups is 1. The van der Waals surface area contributed by atoms with Gasteiger partial charge in [-0.1, -0.05) is 25.1 Å². The molecule has 3 heterocycles. The van der Waals surface area contributed by atoms with Gasteiger partial charge >= 0.3 is 0 Å². The second-order valence-corrected chi connectivity index (χ2v) is 9.83. The summed E-state index contributed by atoms with van der Waals surface area (Å²) in [4.78, 5) is 14.9. The molecule has 0 aliphatic carbocycles. The zero-order chi connectivity index (χ0) is 27.5. The maximum absolute atomic E-state index is 12.6. The lowest BCUT2D eigenvalue weighted by Gasteiger charge is -2.39. The highest BCUT2D eigenvalue weighted by molar-refractivity contribution is 6.01. The fourth-order valence-electron chi connectivity index (χ4n) is 4.82. The van der Waals surface area contributed by atoms with Crippen molar-refractivity contribution in [3.63, 3.8) is 0 Å². The Bertz CT molecular complexity index is 1410. The standard InChI is InChI=1S/C29H31N3O7/c1-17-26(33)27(34)25(39-29(17)36)16-31-28(35)21(15-30)14-23-6-7-24(38-23)20-3-2-19-13-22(5-4-18(19)12-20)32-8-10-37-11-9-32/h2-7,12-14,17,25-27,29,33-34,36H,8-11,16H2,1H3,(H,31,35)/b21-14+/t17-,25-,26-,27-,29?/m1/s1. The van der Waals surface area contributed by atoms with Crippen molar-refractivity contribution in [1.29, 1.82) is 5.26 Å². The number of aliphatic hydroxyl groups is 3. The molecule has 1 amide bonds. The molecule has 1 aromatic heterocycles. The van der Waals surface area contributed by atoms with E-state index in [0.717, 1.165) is 48.3 Å². The zero-order valence-electron chi connectivity index (χ0n) is 21.5. The van der Waals surface area contributed by atoms with Crippen molar-refractivity contribution in [3.05, 3.63) is 59.9 Å². The van der Waals surface area contributed by atoms with Crippen LogP contribution in [0.5, 0.6) is 0 Å². The van der Waals surface area contributed by atoms with E-state index in [1.165, 1.54) is 6.08 Å². The van der Waals surface area contributed by atoms with Crippen molar-refractivity contribution in [3.8, 4) is 17.4 Å². The number of ether oxygens (including phenoxy) is 2. The monoisotopic (exact) mass is 533 g/mol. The molecule has 3 aromatic rings. The number of aliphatic hydroxyl groups excluding tert-OH is 3. The predicted octanol–water partition coefficient (Wildman–Crippen LogP) is 2.03. The van der Waals surface area contributed by atoms with Gasteiger partial charge in [0.1, 0.15) is 35.4 Å². The van der Waals surface area contributed by atoms with Crippen molar-refractivity contribution in [1.82, 2.24) is 5.32 Å². The molecule has 5 rings (SSSR count). The molecule has 4 N–H and O–H groups in total. The molecular weight excluding hydrogens is 502 g/mol. The fraction of sp³-hybridized carbons (Fsp3) is 0.379. The molecule has 1 unspecified atom stereocenters. The van der Waals surface area contributed by atoms with E-state index in [2.05, 4.69) is 28.4 Å². The Hall–Kier alpha value is -3.72. The SMILES string of the molecule is C[C@H]1C(O)O[C@H](CNC(=O)/C(C#N)=C/c2ccc(-c3ccc4cc(N5CCOCC5)ccc4c3)o2)[C@@H](O)[C@@H]1O. The Morgan fingerprint density at radius 1 is 1.08 bits per heavy atom. The Morgan fingerprint density at radius 3 is 2.59 bits per heavy atom. The Kier molecular flexibility index (Phi) is 7.97.